The Kier molecular flexibility index (Phi) is 4.22. The molecule has 2 unspecified atom stereocenters. The van der Waals surface area contributed by atoms with Crippen LogP contribution in [0.2, 0.25) is 0 Å². The van der Waals surface area contributed by atoms with E-state index in [4.69, 9.17) is 9.47 Å². The van der Waals surface area contributed by atoms with Gasteiger partial charge in [-0.2, -0.15) is 0 Å². The van der Waals surface area contributed by atoms with Gasteiger partial charge in [-0.1, -0.05) is 0 Å². The van der Waals surface area contributed by atoms with Crippen molar-refractivity contribution >= 4 is 0 Å². The van der Waals surface area contributed by atoms with Gasteiger partial charge in [-0.25, -0.2) is 8.78 Å². The van der Waals surface area contributed by atoms with Crippen LogP contribution in [0.3, 0.4) is 0 Å². The lowest BCUT2D eigenvalue weighted by Crippen LogP contribution is -2.53. The second kappa shape index (κ2) is 5.00. The molecule has 1 aliphatic heterocycles. The first-order chi connectivity index (χ1) is 6.62. The molecule has 1 N–H and O–H groups in total. The van der Waals surface area contributed by atoms with Crippen LogP contribution in [0.1, 0.15) is 19.3 Å². The molecule has 0 aromatic heterocycles. The Bertz CT molecular complexity index is 164. The number of rotatable bonds is 4. The number of hydrogen-bond acceptors (Lipinski definition) is 3. The lowest BCUT2D eigenvalue weighted by molar-refractivity contribution is -0.205. The van der Waals surface area contributed by atoms with E-state index in [1.165, 1.54) is 7.11 Å². The summed E-state index contributed by atoms with van der Waals surface area (Å²) in [5.41, 5.74) is -1.21. The van der Waals surface area contributed by atoms with Gasteiger partial charge in [-0.3, -0.25) is 0 Å². The summed E-state index contributed by atoms with van der Waals surface area (Å²) in [5.74, 6) is 0. The van der Waals surface area contributed by atoms with Gasteiger partial charge in [0.15, 0.2) is 0 Å². The zero-order valence-corrected chi connectivity index (χ0v) is 8.21. The second-order valence-corrected chi connectivity index (χ2v) is 3.58. The molecule has 1 fully saturated rings. The number of aliphatic hydroxyl groups is 1. The third kappa shape index (κ3) is 2.40. The van der Waals surface area contributed by atoms with E-state index in [0.717, 1.165) is 12.8 Å². The molecule has 5 heteroatoms. The molecule has 0 saturated carbocycles. The highest BCUT2D eigenvalue weighted by Crippen LogP contribution is 2.31. The van der Waals surface area contributed by atoms with Gasteiger partial charge in [0.25, 0.3) is 6.43 Å². The van der Waals surface area contributed by atoms with Gasteiger partial charge in [0.05, 0.1) is 6.61 Å². The quantitative estimate of drug-likeness (QED) is 0.757. The zero-order valence-electron chi connectivity index (χ0n) is 8.21. The molecule has 0 bridgehead atoms. The van der Waals surface area contributed by atoms with Crippen LogP contribution in [0, 0.1) is 0 Å². The maximum atomic E-state index is 12.4. The van der Waals surface area contributed by atoms with Crippen molar-refractivity contribution in [1.29, 1.82) is 0 Å². The number of alkyl halides is 2. The maximum absolute atomic E-state index is 12.4. The molecule has 1 heterocycles. The molecule has 0 aliphatic carbocycles. The van der Waals surface area contributed by atoms with Crippen molar-refractivity contribution in [1.82, 2.24) is 0 Å². The molecular formula is C9H16F2O3. The molecule has 0 amide bonds. The van der Waals surface area contributed by atoms with Crippen LogP contribution in [0.15, 0.2) is 0 Å². The normalized spacial score (nSPS) is 30.6. The average Bonchev–Trinajstić information content (AvgIpc) is 2.18. The molecule has 0 aromatic carbocycles. The summed E-state index contributed by atoms with van der Waals surface area (Å²) in [7, 11) is 1.41. The Labute approximate surface area is 82.0 Å². The Hall–Kier alpha value is -0.260. The number of aliphatic hydroxyl groups excluding tert-OH is 1. The van der Waals surface area contributed by atoms with Gasteiger partial charge < -0.3 is 14.6 Å². The minimum atomic E-state index is -2.79. The molecule has 0 radical (unpaired) electrons. The third-order valence-corrected chi connectivity index (χ3v) is 2.55. The summed E-state index contributed by atoms with van der Waals surface area (Å²) in [6.07, 6.45) is -2.49. The molecular weight excluding hydrogens is 194 g/mol. The van der Waals surface area contributed by atoms with Crippen LogP contribution in [-0.4, -0.2) is 43.6 Å². The molecule has 3 nitrogen and oxygen atoms in total. The van der Waals surface area contributed by atoms with Crippen LogP contribution in [0.25, 0.3) is 0 Å². The van der Waals surface area contributed by atoms with Crippen molar-refractivity contribution in [3.05, 3.63) is 0 Å². The molecule has 84 valence electrons. The Morgan fingerprint density at radius 2 is 2.21 bits per heavy atom. The lowest BCUT2D eigenvalue weighted by Gasteiger charge is -2.39. The van der Waals surface area contributed by atoms with Crippen LogP contribution in [0.4, 0.5) is 8.78 Å². The van der Waals surface area contributed by atoms with E-state index in [1.54, 1.807) is 0 Å². The Morgan fingerprint density at radius 1 is 1.50 bits per heavy atom. The van der Waals surface area contributed by atoms with E-state index in [1.807, 2.05) is 0 Å². The van der Waals surface area contributed by atoms with E-state index in [2.05, 4.69) is 0 Å². The topological polar surface area (TPSA) is 38.7 Å². The van der Waals surface area contributed by atoms with Crippen LogP contribution >= 0.6 is 0 Å². The first kappa shape index (κ1) is 11.8. The molecule has 1 rings (SSSR count). The highest BCUT2D eigenvalue weighted by Gasteiger charge is 2.45. The van der Waals surface area contributed by atoms with Crippen molar-refractivity contribution < 1.29 is 23.4 Å². The Morgan fingerprint density at radius 3 is 2.64 bits per heavy atom. The fourth-order valence-electron chi connectivity index (χ4n) is 1.78. The van der Waals surface area contributed by atoms with Crippen molar-refractivity contribution in [2.45, 2.75) is 37.4 Å². The molecule has 14 heavy (non-hydrogen) atoms. The van der Waals surface area contributed by atoms with Crippen LogP contribution < -0.4 is 0 Å². The number of methoxy groups -OCH3 is 1. The third-order valence-electron chi connectivity index (χ3n) is 2.55. The smallest absolute Gasteiger partial charge is 0.267 e. The van der Waals surface area contributed by atoms with Gasteiger partial charge in [0.2, 0.25) is 0 Å². The fraction of sp³-hybridized carbons (Fsp3) is 1.00. The minimum Gasteiger partial charge on any atom is -0.384 e. The fourth-order valence-corrected chi connectivity index (χ4v) is 1.78. The summed E-state index contributed by atoms with van der Waals surface area (Å²) in [6.45, 7) is 0.422. The SMILES string of the molecule is COCC1(C(O)C(F)F)CCCCO1. The highest BCUT2D eigenvalue weighted by atomic mass is 19.3. The van der Waals surface area contributed by atoms with Crippen LogP contribution in [-0.2, 0) is 9.47 Å². The first-order valence-electron chi connectivity index (χ1n) is 4.71. The van der Waals surface area contributed by atoms with Gasteiger partial charge in [-0.15, -0.1) is 0 Å². The van der Waals surface area contributed by atoms with Gasteiger partial charge >= 0.3 is 0 Å². The number of hydrogen-bond donors (Lipinski definition) is 1. The standard InChI is InChI=1S/C9H16F2O3/c1-13-6-9(7(12)8(10)11)4-2-3-5-14-9/h7-8,12H,2-6H2,1H3. The van der Waals surface area contributed by atoms with Crippen LogP contribution in [0.5, 0.6) is 0 Å². The van der Waals surface area contributed by atoms with Crippen molar-refractivity contribution in [2.75, 3.05) is 20.3 Å². The summed E-state index contributed by atoms with van der Waals surface area (Å²) >= 11 is 0. The van der Waals surface area contributed by atoms with Gasteiger partial charge in [0, 0.05) is 13.7 Å². The second-order valence-electron chi connectivity index (χ2n) is 3.58. The van der Waals surface area contributed by atoms with Crippen molar-refractivity contribution in [3.63, 3.8) is 0 Å². The average molecular weight is 210 g/mol. The molecule has 1 aliphatic rings. The highest BCUT2D eigenvalue weighted by molar-refractivity contribution is 4.92. The summed E-state index contributed by atoms with van der Waals surface area (Å²) in [6, 6.07) is 0. The maximum Gasteiger partial charge on any atom is 0.267 e. The summed E-state index contributed by atoms with van der Waals surface area (Å²) in [4.78, 5) is 0. The number of halogens is 2. The predicted molar refractivity (Wildman–Crippen MR) is 46.4 cm³/mol. The van der Waals surface area contributed by atoms with E-state index < -0.39 is 18.1 Å². The zero-order chi connectivity index (χ0) is 10.6. The molecule has 0 spiro atoms. The largest absolute Gasteiger partial charge is 0.384 e. The minimum absolute atomic E-state index is 0.0124. The van der Waals surface area contributed by atoms with Crippen molar-refractivity contribution in [3.8, 4) is 0 Å². The molecule has 1 saturated heterocycles. The van der Waals surface area contributed by atoms with Gasteiger partial charge in [0.1, 0.15) is 11.7 Å². The molecule has 0 aromatic rings. The Balaban J connectivity index is 2.68. The van der Waals surface area contributed by atoms with Crippen molar-refractivity contribution in [2.24, 2.45) is 0 Å². The predicted octanol–water partition coefficient (Wildman–Crippen LogP) is 1.20. The van der Waals surface area contributed by atoms with E-state index in [0.29, 0.717) is 13.0 Å². The molecule has 2 atom stereocenters. The van der Waals surface area contributed by atoms with E-state index in [-0.39, 0.29) is 6.61 Å². The summed E-state index contributed by atoms with van der Waals surface area (Å²) in [5, 5.41) is 9.38. The first-order valence-corrected chi connectivity index (χ1v) is 4.71. The lowest BCUT2D eigenvalue weighted by atomic mass is 9.89. The number of ether oxygens (including phenoxy) is 2. The van der Waals surface area contributed by atoms with Gasteiger partial charge in [-0.05, 0) is 19.3 Å². The monoisotopic (exact) mass is 210 g/mol. The van der Waals surface area contributed by atoms with E-state index in [9.17, 15) is 13.9 Å². The summed E-state index contributed by atoms with van der Waals surface area (Å²) < 4.78 is 34.9. The van der Waals surface area contributed by atoms with E-state index >= 15 is 0 Å².